The molecule has 1 N–H and O–H groups in total. The summed E-state index contributed by atoms with van der Waals surface area (Å²) in [6.45, 7) is 6.89. The average Bonchev–Trinajstić information content (AvgIpc) is 3.33. The van der Waals surface area contributed by atoms with Crippen LogP contribution < -0.4 is 10.1 Å². The lowest BCUT2D eigenvalue weighted by atomic mass is 9.94. The standard InChI is InChI=1S/C28H32N4O5/c1-4-36-22-13-11-20(12-14-22)15-16-31-25(33)24-17-23(26(34)37-5-2)30-32(24)19-28(31,3)27(35)29-18-21-9-7-6-8-10-21/h6-14,17H,4-5,15-16,18-19H2,1-3H3,(H,29,35)/t28-/m1/s1. The van der Waals surface area contributed by atoms with E-state index in [9.17, 15) is 14.4 Å². The number of hydrogen-bond acceptors (Lipinski definition) is 6. The van der Waals surface area contributed by atoms with Crippen LogP contribution in [-0.4, -0.2) is 57.8 Å². The van der Waals surface area contributed by atoms with Crippen molar-refractivity contribution in [3.63, 3.8) is 0 Å². The van der Waals surface area contributed by atoms with E-state index in [-0.39, 0.29) is 36.4 Å². The molecule has 1 aliphatic rings. The van der Waals surface area contributed by atoms with Gasteiger partial charge in [-0.1, -0.05) is 42.5 Å². The van der Waals surface area contributed by atoms with Crippen molar-refractivity contribution in [2.45, 2.75) is 45.8 Å². The second-order valence-electron chi connectivity index (χ2n) is 9.02. The van der Waals surface area contributed by atoms with Gasteiger partial charge in [0, 0.05) is 19.2 Å². The monoisotopic (exact) mass is 504 g/mol. The Morgan fingerprint density at radius 1 is 1.03 bits per heavy atom. The Hall–Kier alpha value is -4.14. The molecule has 0 bridgehead atoms. The van der Waals surface area contributed by atoms with E-state index in [0.29, 0.717) is 26.1 Å². The summed E-state index contributed by atoms with van der Waals surface area (Å²) in [6, 6.07) is 18.7. The number of aromatic nitrogens is 2. The number of ether oxygens (including phenoxy) is 2. The Kier molecular flexibility index (Phi) is 7.91. The van der Waals surface area contributed by atoms with E-state index in [0.717, 1.165) is 16.9 Å². The molecule has 0 radical (unpaired) electrons. The lowest BCUT2D eigenvalue weighted by molar-refractivity contribution is -0.133. The number of nitrogens with zero attached hydrogens (tertiary/aromatic N) is 3. The number of carbonyl (C=O) groups is 3. The van der Waals surface area contributed by atoms with Crippen molar-refractivity contribution in [3.8, 4) is 5.75 Å². The molecule has 2 amide bonds. The van der Waals surface area contributed by atoms with Gasteiger partial charge < -0.3 is 19.7 Å². The SMILES string of the molecule is CCOC(=O)c1cc2n(n1)C[C@](C)(C(=O)NCc1ccccc1)N(CCc1ccc(OCC)cc1)C2=O. The molecular weight excluding hydrogens is 472 g/mol. The van der Waals surface area contributed by atoms with Gasteiger partial charge in [-0.05, 0) is 50.5 Å². The van der Waals surface area contributed by atoms with Crippen molar-refractivity contribution in [1.82, 2.24) is 20.0 Å². The molecular formula is C28H32N4O5. The Labute approximate surface area is 216 Å². The lowest BCUT2D eigenvalue weighted by Crippen LogP contribution is -2.64. The summed E-state index contributed by atoms with van der Waals surface area (Å²) in [4.78, 5) is 41.1. The van der Waals surface area contributed by atoms with Crippen LogP contribution in [0.1, 0.15) is 52.9 Å². The molecule has 4 rings (SSSR count). The molecule has 0 aliphatic carbocycles. The van der Waals surface area contributed by atoms with Gasteiger partial charge in [0.05, 0.1) is 19.8 Å². The summed E-state index contributed by atoms with van der Waals surface area (Å²) >= 11 is 0. The predicted octanol–water partition coefficient (Wildman–Crippen LogP) is 3.23. The number of carbonyl (C=O) groups excluding carboxylic acids is 3. The Morgan fingerprint density at radius 2 is 1.76 bits per heavy atom. The van der Waals surface area contributed by atoms with E-state index in [1.807, 2.05) is 61.5 Å². The maximum absolute atomic E-state index is 13.7. The first kappa shape index (κ1) is 25.9. The van der Waals surface area contributed by atoms with Crippen molar-refractivity contribution in [1.29, 1.82) is 0 Å². The van der Waals surface area contributed by atoms with E-state index in [1.165, 1.54) is 10.7 Å². The Morgan fingerprint density at radius 3 is 2.43 bits per heavy atom. The average molecular weight is 505 g/mol. The van der Waals surface area contributed by atoms with Crippen molar-refractivity contribution in [2.75, 3.05) is 19.8 Å². The number of fused-ring (bicyclic) bond motifs is 1. The fraction of sp³-hybridized carbons (Fsp3) is 0.357. The zero-order valence-corrected chi connectivity index (χ0v) is 21.4. The smallest absolute Gasteiger partial charge is 0.358 e. The zero-order chi connectivity index (χ0) is 26.4. The first-order valence-electron chi connectivity index (χ1n) is 12.5. The number of esters is 1. The number of rotatable bonds is 10. The molecule has 1 aliphatic heterocycles. The quantitative estimate of drug-likeness (QED) is 0.426. The second kappa shape index (κ2) is 11.3. The molecule has 194 valence electrons. The van der Waals surface area contributed by atoms with Gasteiger partial charge in [0.1, 0.15) is 17.0 Å². The highest BCUT2D eigenvalue weighted by atomic mass is 16.5. The maximum Gasteiger partial charge on any atom is 0.358 e. The molecule has 2 aromatic carbocycles. The molecule has 9 heteroatoms. The fourth-order valence-corrected chi connectivity index (χ4v) is 4.42. The van der Waals surface area contributed by atoms with Crippen LogP contribution in [0.3, 0.4) is 0 Å². The number of amides is 2. The summed E-state index contributed by atoms with van der Waals surface area (Å²) in [5.74, 6) is -0.484. The third-order valence-electron chi connectivity index (χ3n) is 6.43. The first-order valence-corrected chi connectivity index (χ1v) is 12.5. The third kappa shape index (κ3) is 5.66. The minimum absolute atomic E-state index is 0.0469. The molecule has 1 aromatic heterocycles. The molecule has 0 saturated heterocycles. The Balaban J connectivity index is 1.59. The summed E-state index contributed by atoms with van der Waals surface area (Å²) in [5, 5.41) is 7.27. The molecule has 2 heterocycles. The van der Waals surface area contributed by atoms with Crippen LogP contribution in [0.2, 0.25) is 0 Å². The second-order valence-corrected chi connectivity index (χ2v) is 9.02. The third-order valence-corrected chi connectivity index (χ3v) is 6.43. The molecule has 0 spiro atoms. The normalized spacial score (nSPS) is 16.7. The molecule has 9 nitrogen and oxygen atoms in total. The van der Waals surface area contributed by atoms with Gasteiger partial charge in [0.2, 0.25) is 5.91 Å². The van der Waals surface area contributed by atoms with Gasteiger partial charge in [-0.3, -0.25) is 14.3 Å². The lowest BCUT2D eigenvalue weighted by Gasteiger charge is -2.43. The summed E-state index contributed by atoms with van der Waals surface area (Å²) in [7, 11) is 0. The van der Waals surface area contributed by atoms with Gasteiger partial charge in [0.25, 0.3) is 5.91 Å². The summed E-state index contributed by atoms with van der Waals surface area (Å²) in [5.41, 5.74) is 1.04. The van der Waals surface area contributed by atoms with E-state index >= 15 is 0 Å². The zero-order valence-electron chi connectivity index (χ0n) is 21.4. The minimum atomic E-state index is -1.22. The van der Waals surface area contributed by atoms with Crippen LogP contribution in [0.5, 0.6) is 5.75 Å². The topological polar surface area (TPSA) is 103 Å². The number of nitrogens with one attached hydrogen (secondary N) is 1. The molecule has 3 aromatic rings. The highest BCUT2D eigenvalue weighted by Gasteiger charge is 2.48. The van der Waals surface area contributed by atoms with Crippen molar-refractivity contribution in [3.05, 3.63) is 83.2 Å². The van der Waals surface area contributed by atoms with Crippen molar-refractivity contribution >= 4 is 17.8 Å². The van der Waals surface area contributed by atoms with Crippen LogP contribution in [0, 0.1) is 0 Å². The van der Waals surface area contributed by atoms with E-state index in [4.69, 9.17) is 9.47 Å². The van der Waals surface area contributed by atoms with E-state index < -0.39 is 11.5 Å². The molecule has 0 fully saturated rings. The van der Waals surface area contributed by atoms with E-state index in [1.54, 1.807) is 18.7 Å². The number of hydrogen-bond donors (Lipinski definition) is 1. The van der Waals surface area contributed by atoms with Crippen LogP contribution in [-0.2, 0) is 29.0 Å². The van der Waals surface area contributed by atoms with Gasteiger partial charge in [-0.15, -0.1) is 0 Å². The molecule has 0 unspecified atom stereocenters. The van der Waals surface area contributed by atoms with Crippen molar-refractivity contribution < 1.29 is 23.9 Å². The van der Waals surface area contributed by atoms with Gasteiger partial charge in [-0.2, -0.15) is 5.10 Å². The highest BCUT2D eigenvalue weighted by molar-refractivity contribution is 6.01. The van der Waals surface area contributed by atoms with Gasteiger partial charge in [0.15, 0.2) is 5.69 Å². The van der Waals surface area contributed by atoms with Crippen LogP contribution in [0.4, 0.5) is 0 Å². The predicted molar refractivity (Wildman–Crippen MR) is 137 cm³/mol. The summed E-state index contributed by atoms with van der Waals surface area (Å²) < 4.78 is 12.0. The fourth-order valence-electron chi connectivity index (χ4n) is 4.42. The van der Waals surface area contributed by atoms with Gasteiger partial charge >= 0.3 is 5.97 Å². The van der Waals surface area contributed by atoms with E-state index in [2.05, 4.69) is 10.4 Å². The first-order chi connectivity index (χ1) is 17.9. The Bertz CT molecular complexity index is 1260. The molecule has 0 saturated carbocycles. The molecule has 1 atom stereocenters. The van der Waals surface area contributed by atoms with Crippen LogP contribution in [0.25, 0.3) is 0 Å². The van der Waals surface area contributed by atoms with Gasteiger partial charge in [-0.25, -0.2) is 4.79 Å². The molecule has 37 heavy (non-hydrogen) atoms. The number of benzene rings is 2. The van der Waals surface area contributed by atoms with Crippen molar-refractivity contribution in [2.24, 2.45) is 0 Å². The largest absolute Gasteiger partial charge is 0.494 e. The summed E-state index contributed by atoms with van der Waals surface area (Å²) in [6.07, 6.45) is 0.540. The maximum atomic E-state index is 13.7. The van der Waals surface area contributed by atoms with Crippen LogP contribution >= 0.6 is 0 Å². The minimum Gasteiger partial charge on any atom is -0.494 e. The van der Waals surface area contributed by atoms with Crippen LogP contribution in [0.15, 0.2) is 60.7 Å². The highest BCUT2D eigenvalue weighted by Crippen LogP contribution is 2.28.